The van der Waals surface area contributed by atoms with Crippen molar-refractivity contribution in [3.05, 3.63) is 142 Å². The summed E-state index contributed by atoms with van der Waals surface area (Å²) in [5.74, 6) is 0.746. The van der Waals surface area contributed by atoms with Crippen LogP contribution in [0.1, 0.15) is 42.5 Å². The number of halogens is 1. The Bertz CT molecular complexity index is 1700. The summed E-state index contributed by atoms with van der Waals surface area (Å²) < 4.78 is 0. The summed E-state index contributed by atoms with van der Waals surface area (Å²) in [4.78, 5) is 0. The third-order valence-corrected chi connectivity index (χ3v) is 9.89. The predicted octanol–water partition coefficient (Wildman–Crippen LogP) is 9.14. The van der Waals surface area contributed by atoms with E-state index in [0.717, 1.165) is 11.5 Å². The standard InChI is InChI=1S/C35H27Cl/c1-21-14-15-28-25(17-21)24-11-5-6-12-27(24)35(28)30-19-23-10-4-3-9-22(23)18-26(30)33-29-13-7-8-16-34(29,2)32(36)20-31(33)35/h3-16,18-21,29H,17H2,1-2H3. The molecule has 0 aromatic heterocycles. The maximum absolute atomic E-state index is 7.24. The maximum atomic E-state index is 7.24. The van der Waals surface area contributed by atoms with Crippen LogP contribution in [0, 0.1) is 17.3 Å². The molecule has 5 aliphatic rings. The van der Waals surface area contributed by atoms with Crippen molar-refractivity contribution in [2.75, 3.05) is 0 Å². The monoisotopic (exact) mass is 482 g/mol. The fourth-order valence-electron chi connectivity index (χ4n) is 7.69. The summed E-state index contributed by atoms with van der Waals surface area (Å²) in [6.45, 7) is 4.62. The molecule has 0 N–H and O–H groups in total. The average Bonchev–Trinajstić information content (AvgIpc) is 3.33. The van der Waals surface area contributed by atoms with Gasteiger partial charge in [-0.2, -0.15) is 0 Å². The van der Waals surface area contributed by atoms with Crippen molar-refractivity contribution in [3.63, 3.8) is 0 Å². The number of allylic oxidation sites excluding steroid dienone is 12. The lowest BCUT2D eigenvalue weighted by Gasteiger charge is -2.42. The molecule has 8 rings (SSSR count). The molecule has 5 aliphatic carbocycles. The Morgan fingerprint density at radius 1 is 0.833 bits per heavy atom. The minimum Gasteiger partial charge on any atom is -0.0882 e. The Morgan fingerprint density at radius 3 is 2.47 bits per heavy atom. The van der Waals surface area contributed by atoms with Gasteiger partial charge < -0.3 is 0 Å². The van der Waals surface area contributed by atoms with Gasteiger partial charge in [-0.25, -0.2) is 0 Å². The molecule has 0 bridgehead atoms. The Morgan fingerprint density at radius 2 is 1.61 bits per heavy atom. The molecule has 0 amide bonds. The van der Waals surface area contributed by atoms with Crippen molar-refractivity contribution in [1.29, 1.82) is 0 Å². The molecule has 0 fully saturated rings. The summed E-state index contributed by atoms with van der Waals surface area (Å²) in [5.41, 5.74) is 10.8. The van der Waals surface area contributed by atoms with E-state index in [1.54, 1.807) is 0 Å². The highest BCUT2D eigenvalue weighted by atomic mass is 35.5. The molecule has 174 valence electrons. The third kappa shape index (κ3) is 2.33. The highest BCUT2D eigenvalue weighted by molar-refractivity contribution is 6.31. The van der Waals surface area contributed by atoms with Crippen LogP contribution in [-0.2, 0) is 5.41 Å². The predicted molar refractivity (Wildman–Crippen MR) is 152 cm³/mol. The van der Waals surface area contributed by atoms with Crippen LogP contribution in [0.15, 0.2) is 119 Å². The zero-order chi connectivity index (χ0) is 24.2. The van der Waals surface area contributed by atoms with E-state index in [-0.39, 0.29) is 16.7 Å². The van der Waals surface area contributed by atoms with Gasteiger partial charge >= 0.3 is 0 Å². The van der Waals surface area contributed by atoms with Crippen LogP contribution in [0.3, 0.4) is 0 Å². The van der Waals surface area contributed by atoms with Gasteiger partial charge in [0.05, 0.1) is 5.41 Å². The van der Waals surface area contributed by atoms with Crippen LogP contribution in [0.25, 0.3) is 21.9 Å². The van der Waals surface area contributed by atoms with E-state index in [2.05, 4.69) is 117 Å². The van der Waals surface area contributed by atoms with Crippen LogP contribution in [0.2, 0.25) is 0 Å². The minimum absolute atomic E-state index is 0.206. The van der Waals surface area contributed by atoms with Gasteiger partial charge in [0.15, 0.2) is 0 Å². The van der Waals surface area contributed by atoms with E-state index in [1.807, 2.05) is 0 Å². The first kappa shape index (κ1) is 20.8. The largest absolute Gasteiger partial charge is 0.0882 e. The van der Waals surface area contributed by atoms with Crippen molar-refractivity contribution in [3.8, 4) is 0 Å². The fourth-order valence-corrected chi connectivity index (χ4v) is 7.98. The van der Waals surface area contributed by atoms with Gasteiger partial charge in [-0.3, -0.25) is 0 Å². The van der Waals surface area contributed by atoms with Crippen LogP contribution in [-0.4, -0.2) is 0 Å². The summed E-state index contributed by atoms with van der Waals surface area (Å²) >= 11 is 7.24. The lowest BCUT2D eigenvalue weighted by Crippen LogP contribution is -2.33. The lowest BCUT2D eigenvalue weighted by atomic mass is 9.62. The number of fused-ring (bicyclic) bond motifs is 11. The van der Waals surface area contributed by atoms with Crippen molar-refractivity contribution in [2.24, 2.45) is 17.3 Å². The molecule has 0 saturated carbocycles. The highest BCUT2D eigenvalue weighted by Gasteiger charge is 2.57. The van der Waals surface area contributed by atoms with Gasteiger partial charge in [-0.15, -0.1) is 0 Å². The van der Waals surface area contributed by atoms with Crippen LogP contribution in [0.4, 0.5) is 0 Å². The summed E-state index contributed by atoms with van der Waals surface area (Å²) in [6, 6.07) is 22.9. The van der Waals surface area contributed by atoms with Gasteiger partial charge in [-0.1, -0.05) is 110 Å². The molecule has 3 aromatic carbocycles. The molecular weight excluding hydrogens is 456 g/mol. The second kappa shape index (κ2) is 6.90. The van der Waals surface area contributed by atoms with Gasteiger partial charge in [0.1, 0.15) is 0 Å². The Labute approximate surface area is 217 Å². The van der Waals surface area contributed by atoms with Crippen LogP contribution >= 0.6 is 11.6 Å². The molecule has 0 saturated heterocycles. The molecule has 3 aromatic rings. The first-order valence-corrected chi connectivity index (χ1v) is 13.4. The molecular formula is C35H27Cl. The molecule has 1 heteroatoms. The van der Waals surface area contributed by atoms with Crippen molar-refractivity contribution < 1.29 is 0 Å². The molecule has 0 heterocycles. The molecule has 0 nitrogen and oxygen atoms in total. The van der Waals surface area contributed by atoms with Gasteiger partial charge in [-0.05, 0) is 85.9 Å². The SMILES string of the molecule is CC1C=CC2=C(C1)c1ccccc1C21C2=C(c3cc4ccccc4cc31)C1C=CC=CC1(C)C(Cl)=C2. The number of hydrogen-bond donors (Lipinski definition) is 0. The maximum Gasteiger partial charge on any atom is 0.0719 e. The van der Waals surface area contributed by atoms with Gasteiger partial charge in [0.25, 0.3) is 0 Å². The summed E-state index contributed by atoms with van der Waals surface area (Å²) in [7, 11) is 0. The Balaban J connectivity index is 1.56. The second-order valence-electron chi connectivity index (χ2n) is 11.3. The van der Waals surface area contributed by atoms with E-state index >= 15 is 0 Å². The van der Waals surface area contributed by atoms with E-state index in [9.17, 15) is 0 Å². The number of benzene rings is 3. The Kier molecular flexibility index (Phi) is 3.99. The van der Waals surface area contributed by atoms with E-state index < -0.39 is 0 Å². The number of hydrogen-bond acceptors (Lipinski definition) is 0. The first-order valence-electron chi connectivity index (χ1n) is 13.1. The first-order chi connectivity index (χ1) is 17.5. The normalized spacial score (nSPS) is 30.9. The van der Waals surface area contributed by atoms with E-state index in [1.165, 1.54) is 55.3 Å². The zero-order valence-corrected chi connectivity index (χ0v) is 21.3. The second-order valence-corrected chi connectivity index (χ2v) is 11.7. The van der Waals surface area contributed by atoms with E-state index in [0.29, 0.717) is 5.92 Å². The van der Waals surface area contributed by atoms with Crippen molar-refractivity contribution in [1.82, 2.24) is 0 Å². The molecule has 0 aliphatic heterocycles. The van der Waals surface area contributed by atoms with E-state index in [4.69, 9.17) is 11.6 Å². The quantitative estimate of drug-likeness (QED) is 0.299. The summed E-state index contributed by atoms with van der Waals surface area (Å²) in [6.07, 6.45) is 17.3. The number of rotatable bonds is 0. The van der Waals surface area contributed by atoms with Crippen LogP contribution in [0.5, 0.6) is 0 Å². The molecule has 1 spiro atoms. The van der Waals surface area contributed by atoms with Gasteiger partial charge in [0.2, 0.25) is 0 Å². The molecule has 4 atom stereocenters. The molecule has 36 heavy (non-hydrogen) atoms. The van der Waals surface area contributed by atoms with Crippen LogP contribution < -0.4 is 0 Å². The van der Waals surface area contributed by atoms with Gasteiger partial charge in [0, 0.05) is 16.4 Å². The highest BCUT2D eigenvalue weighted by Crippen LogP contribution is 2.68. The minimum atomic E-state index is -0.326. The fraction of sp³-hybridized carbons (Fsp3) is 0.200. The summed E-state index contributed by atoms with van der Waals surface area (Å²) in [5, 5.41) is 3.53. The lowest BCUT2D eigenvalue weighted by molar-refractivity contribution is 0.450. The molecule has 0 radical (unpaired) electrons. The smallest absolute Gasteiger partial charge is 0.0719 e. The van der Waals surface area contributed by atoms with Crippen molar-refractivity contribution >= 4 is 33.5 Å². The van der Waals surface area contributed by atoms with Crippen molar-refractivity contribution in [2.45, 2.75) is 25.7 Å². The average molecular weight is 483 g/mol. The zero-order valence-electron chi connectivity index (χ0n) is 20.6. The third-order valence-electron chi connectivity index (χ3n) is 9.38. The Hall–Kier alpha value is -3.35. The topological polar surface area (TPSA) is 0 Å². The molecule has 4 unspecified atom stereocenters.